The van der Waals surface area contributed by atoms with E-state index in [1.807, 2.05) is 0 Å². The normalized spacial score (nSPS) is 20.2. The summed E-state index contributed by atoms with van der Waals surface area (Å²) in [7, 11) is 0. The maximum Gasteiger partial charge on any atom is 0.116 e. The van der Waals surface area contributed by atoms with Crippen molar-refractivity contribution in [2.24, 2.45) is 0 Å². The molecule has 1 unspecified atom stereocenters. The Balaban J connectivity index is 2.30. The zero-order valence-corrected chi connectivity index (χ0v) is 11.3. The van der Waals surface area contributed by atoms with Crippen LogP contribution in [0.2, 0.25) is 0 Å². The second-order valence-corrected chi connectivity index (χ2v) is 5.02. The number of aromatic nitrogens is 2. The molecule has 1 aromatic heterocycles. The highest BCUT2D eigenvalue weighted by Crippen LogP contribution is 2.43. The number of rotatable bonds is 5. The molecule has 1 N–H and O–H groups in total. The Morgan fingerprint density at radius 3 is 2.44 bits per heavy atom. The summed E-state index contributed by atoms with van der Waals surface area (Å²) in [6, 6.07) is 0. The Morgan fingerprint density at radius 1 is 1.28 bits per heavy atom. The number of aliphatic hydroxyl groups excluding tert-OH is 1. The van der Waals surface area contributed by atoms with E-state index in [0.29, 0.717) is 5.69 Å². The van der Waals surface area contributed by atoms with Gasteiger partial charge in [0.1, 0.15) is 6.10 Å². The van der Waals surface area contributed by atoms with Gasteiger partial charge in [-0.05, 0) is 25.9 Å². The van der Waals surface area contributed by atoms with Crippen LogP contribution in [-0.2, 0) is 0 Å². The predicted molar refractivity (Wildman–Crippen MR) is 71.1 cm³/mol. The van der Waals surface area contributed by atoms with Crippen LogP contribution in [0.1, 0.15) is 51.3 Å². The van der Waals surface area contributed by atoms with Gasteiger partial charge in [-0.3, -0.25) is 14.9 Å². The summed E-state index contributed by atoms with van der Waals surface area (Å²) < 4.78 is 0. The van der Waals surface area contributed by atoms with Gasteiger partial charge >= 0.3 is 0 Å². The van der Waals surface area contributed by atoms with Gasteiger partial charge in [-0.15, -0.1) is 0 Å². The minimum absolute atomic E-state index is 0.139. The van der Waals surface area contributed by atoms with Crippen molar-refractivity contribution in [2.45, 2.75) is 51.2 Å². The van der Waals surface area contributed by atoms with E-state index >= 15 is 0 Å². The van der Waals surface area contributed by atoms with Crippen LogP contribution in [0, 0.1) is 0 Å². The molecule has 1 atom stereocenters. The van der Waals surface area contributed by atoms with Gasteiger partial charge in [0.05, 0.1) is 17.4 Å². The van der Waals surface area contributed by atoms with E-state index in [1.54, 1.807) is 18.6 Å². The first-order valence-electron chi connectivity index (χ1n) is 6.93. The molecule has 0 amide bonds. The molecule has 18 heavy (non-hydrogen) atoms. The Bertz CT molecular complexity index is 359. The Morgan fingerprint density at radius 2 is 1.94 bits per heavy atom. The van der Waals surface area contributed by atoms with Crippen molar-refractivity contribution in [3.8, 4) is 0 Å². The summed E-state index contributed by atoms with van der Waals surface area (Å²) in [5.74, 6) is 0. The fourth-order valence-electron chi connectivity index (χ4n) is 3.33. The standard InChI is InChI=1S/C14H23N3O/c1-3-17(4-2)14(7-5-6-8-14)13(18)12-11-15-9-10-16-12/h9-11,13,18H,3-8H2,1-2H3. The van der Waals surface area contributed by atoms with E-state index in [-0.39, 0.29) is 5.54 Å². The first kappa shape index (κ1) is 13.4. The van der Waals surface area contributed by atoms with Crippen molar-refractivity contribution in [3.05, 3.63) is 24.3 Å². The molecule has 0 saturated heterocycles. The fourth-order valence-corrected chi connectivity index (χ4v) is 3.33. The lowest BCUT2D eigenvalue weighted by atomic mass is 9.86. The number of nitrogens with zero attached hydrogens (tertiary/aromatic N) is 3. The molecule has 1 fully saturated rings. The van der Waals surface area contributed by atoms with Gasteiger partial charge in [-0.25, -0.2) is 0 Å². The van der Waals surface area contributed by atoms with E-state index in [2.05, 4.69) is 28.7 Å². The zero-order valence-electron chi connectivity index (χ0n) is 11.3. The van der Waals surface area contributed by atoms with Gasteiger partial charge in [0, 0.05) is 12.4 Å². The van der Waals surface area contributed by atoms with Crippen molar-refractivity contribution in [1.29, 1.82) is 0 Å². The van der Waals surface area contributed by atoms with Crippen LogP contribution in [0.3, 0.4) is 0 Å². The van der Waals surface area contributed by atoms with Gasteiger partial charge in [0.2, 0.25) is 0 Å². The topological polar surface area (TPSA) is 49.2 Å². The summed E-state index contributed by atoms with van der Waals surface area (Å²) >= 11 is 0. The van der Waals surface area contributed by atoms with Crippen molar-refractivity contribution in [2.75, 3.05) is 13.1 Å². The van der Waals surface area contributed by atoms with Crippen LogP contribution in [0.25, 0.3) is 0 Å². The van der Waals surface area contributed by atoms with Crippen LogP contribution < -0.4 is 0 Å². The molecule has 1 saturated carbocycles. The maximum atomic E-state index is 10.8. The number of aliphatic hydroxyl groups is 1. The Hall–Kier alpha value is -1.00. The molecule has 4 nitrogen and oxygen atoms in total. The lowest BCUT2D eigenvalue weighted by Crippen LogP contribution is -2.51. The SMILES string of the molecule is CCN(CC)C1(C(O)c2cnccn2)CCCC1. The third kappa shape index (κ3) is 2.27. The molecule has 1 aliphatic carbocycles. The average molecular weight is 249 g/mol. The molecule has 0 aromatic carbocycles. The molecule has 1 aromatic rings. The lowest BCUT2D eigenvalue weighted by Gasteiger charge is -2.43. The smallest absolute Gasteiger partial charge is 0.116 e. The minimum atomic E-state index is -0.534. The first-order valence-corrected chi connectivity index (χ1v) is 6.93. The molecule has 0 aliphatic heterocycles. The summed E-state index contributed by atoms with van der Waals surface area (Å²) in [4.78, 5) is 10.7. The lowest BCUT2D eigenvalue weighted by molar-refractivity contribution is -0.0292. The molecule has 0 spiro atoms. The van der Waals surface area contributed by atoms with Gasteiger partial charge < -0.3 is 5.11 Å². The van der Waals surface area contributed by atoms with Crippen molar-refractivity contribution in [1.82, 2.24) is 14.9 Å². The highest BCUT2D eigenvalue weighted by atomic mass is 16.3. The molecule has 1 heterocycles. The number of likely N-dealkylation sites (N-methyl/N-ethyl adjacent to an activating group) is 1. The Kier molecular flexibility index (Phi) is 4.30. The summed E-state index contributed by atoms with van der Waals surface area (Å²) in [6.45, 7) is 6.25. The van der Waals surface area contributed by atoms with Crippen LogP contribution in [0.15, 0.2) is 18.6 Å². The second-order valence-electron chi connectivity index (χ2n) is 5.02. The fraction of sp³-hybridized carbons (Fsp3) is 0.714. The van der Waals surface area contributed by atoms with Crippen molar-refractivity contribution >= 4 is 0 Å². The van der Waals surface area contributed by atoms with E-state index in [9.17, 15) is 5.11 Å². The third-order valence-corrected chi connectivity index (χ3v) is 4.23. The Labute approximate surface area is 109 Å². The van der Waals surface area contributed by atoms with E-state index in [4.69, 9.17) is 0 Å². The molecule has 0 bridgehead atoms. The first-order chi connectivity index (χ1) is 8.74. The van der Waals surface area contributed by atoms with Crippen molar-refractivity contribution < 1.29 is 5.11 Å². The molecular weight excluding hydrogens is 226 g/mol. The minimum Gasteiger partial charge on any atom is -0.385 e. The van der Waals surface area contributed by atoms with Crippen LogP contribution in [0.5, 0.6) is 0 Å². The maximum absolute atomic E-state index is 10.8. The second kappa shape index (κ2) is 5.76. The largest absolute Gasteiger partial charge is 0.385 e. The highest BCUT2D eigenvalue weighted by molar-refractivity contribution is 5.11. The molecular formula is C14H23N3O. The molecule has 4 heteroatoms. The molecule has 100 valence electrons. The van der Waals surface area contributed by atoms with Gasteiger partial charge in [0.15, 0.2) is 0 Å². The summed E-state index contributed by atoms with van der Waals surface area (Å²) in [5, 5.41) is 10.8. The number of hydrogen-bond acceptors (Lipinski definition) is 4. The summed E-state index contributed by atoms with van der Waals surface area (Å²) in [6.07, 6.45) is 8.93. The average Bonchev–Trinajstić information content (AvgIpc) is 2.91. The summed E-state index contributed by atoms with van der Waals surface area (Å²) in [5.41, 5.74) is 0.561. The van der Waals surface area contributed by atoms with E-state index in [0.717, 1.165) is 25.9 Å². The zero-order chi connectivity index (χ0) is 13.0. The third-order valence-electron chi connectivity index (χ3n) is 4.23. The number of hydrogen-bond donors (Lipinski definition) is 1. The molecule has 0 radical (unpaired) electrons. The van der Waals surface area contributed by atoms with E-state index < -0.39 is 6.10 Å². The van der Waals surface area contributed by atoms with Gasteiger partial charge in [-0.2, -0.15) is 0 Å². The molecule has 1 aliphatic rings. The predicted octanol–water partition coefficient (Wildman–Crippen LogP) is 2.16. The van der Waals surface area contributed by atoms with Crippen LogP contribution >= 0.6 is 0 Å². The molecule has 2 rings (SSSR count). The van der Waals surface area contributed by atoms with Crippen molar-refractivity contribution in [3.63, 3.8) is 0 Å². The quantitative estimate of drug-likeness (QED) is 0.869. The monoisotopic (exact) mass is 249 g/mol. The van der Waals surface area contributed by atoms with Gasteiger partial charge in [0.25, 0.3) is 0 Å². The van der Waals surface area contributed by atoms with Crippen LogP contribution in [0.4, 0.5) is 0 Å². The highest BCUT2D eigenvalue weighted by Gasteiger charge is 2.45. The van der Waals surface area contributed by atoms with Crippen LogP contribution in [-0.4, -0.2) is 38.6 Å². The van der Waals surface area contributed by atoms with Gasteiger partial charge in [-0.1, -0.05) is 26.7 Å². The van der Waals surface area contributed by atoms with E-state index in [1.165, 1.54) is 12.8 Å².